The van der Waals surface area contributed by atoms with E-state index in [0.29, 0.717) is 11.8 Å². The number of nitrogens with two attached hydrogens (primary N) is 1. The minimum atomic E-state index is -0.334. The fourth-order valence-electron chi connectivity index (χ4n) is 1.58. The first-order valence-electron chi connectivity index (χ1n) is 5.89. The largest absolute Gasteiger partial charge is 0.344 e. The van der Waals surface area contributed by atoms with Gasteiger partial charge < -0.3 is 10.6 Å². The predicted octanol–water partition coefficient (Wildman–Crippen LogP) is 1.86. The molecule has 2 atom stereocenters. The van der Waals surface area contributed by atoms with Crippen LogP contribution < -0.4 is 5.73 Å². The quantitative estimate of drug-likeness (QED) is 0.733. The van der Waals surface area contributed by atoms with Gasteiger partial charge in [-0.2, -0.15) is 0 Å². The lowest BCUT2D eigenvalue weighted by atomic mass is 10.0. The lowest BCUT2D eigenvalue weighted by molar-refractivity contribution is -0.132. The first kappa shape index (κ1) is 14.4. The molecule has 0 fully saturated rings. The van der Waals surface area contributed by atoms with Crippen LogP contribution in [0.4, 0.5) is 0 Å². The van der Waals surface area contributed by atoms with E-state index in [1.54, 1.807) is 4.90 Å². The number of hydrogen-bond acceptors (Lipinski definition) is 2. The Morgan fingerprint density at radius 2 is 1.87 bits per heavy atom. The summed E-state index contributed by atoms with van der Waals surface area (Å²) in [5.41, 5.74) is 5.85. The van der Waals surface area contributed by atoms with Crippen molar-refractivity contribution in [1.82, 2.24) is 4.90 Å². The van der Waals surface area contributed by atoms with Gasteiger partial charge >= 0.3 is 0 Å². The normalized spacial score (nSPS) is 15.1. The molecule has 0 radical (unpaired) electrons. The molecule has 0 saturated carbocycles. The molecule has 90 valence electrons. The van der Waals surface area contributed by atoms with Crippen molar-refractivity contribution in [2.75, 3.05) is 13.6 Å². The van der Waals surface area contributed by atoms with Crippen LogP contribution in [0.25, 0.3) is 0 Å². The zero-order valence-electron chi connectivity index (χ0n) is 10.8. The van der Waals surface area contributed by atoms with E-state index in [2.05, 4.69) is 27.7 Å². The molecule has 15 heavy (non-hydrogen) atoms. The summed E-state index contributed by atoms with van der Waals surface area (Å²) < 4.78 is 0. The lowest BCUT2D eigenvalue weighted by Gasteiger charge is -2.24. The maximum atomic E-state index is 11.8. The number of rotatable bonds is 6. The Balaban J connectivity index is 4.07. The Labute approximate surface area is 94.0 Å². The Morgan fingerprint density at radius 3 is 2.27 bits per heavy atom. The molecule has 0 spiro atoms. The van der Waals surface area contributed by atoms with Crippen LogP contribution in [0.1, 0.15) is 40.5 Å². The lowest BCUT2D eigenvalue weighted by Crippen LogP contribution is -2.43. The van der Waals surface area contributed by atoms with Gasteiger partial charge in [-0.15, -0.1) is 0 Å². The van der Waals surface area contributed by atoms with Crippen molar-refractivity contribution < 1.29 is 4.79 Å². The molecule has 1 unspecified atom stereocenters. The van der Waals surface area contributed by atoms with Gasteiger partial charge in [0, 0.05) is 13.6 Å². The SMILES string of the molecule is CCC(C)CN(C)C(=O)[C@H](N)CC(C)C. The van der Waals surface area contributed by atoms with Gasteiger partial charge in [0.1, 0.15) is 0 Å². The van der Waals surface area contributed by atoms with Crippen LogP contribution in [0.5, 0.6) is 0 Å². The summed E-state index contributed by atoms with van der Waals surface area (Å²) in [6, 6.07) is -0.334. The van der Waals surface area contributed by atoms with Crippen LogP contribution >= 0.6 is 0 Å². The molecule has 3 nitrogen and oxygen atoms in total. The smallest absolute Gasteiger partial charge is 0.239 e. The van der Waals surface area contributed by atoms with E-state index in [-0.39, 0.29) is 11.9 Å². The second-order valence-electron chi connectivity index (χ2n) is 4.97. The molecule has 0 bridgehead atoms. The van der Waals surface area contributed by atoms with E-state index < -0.39 is 0 Å². The third-order valence-corrected chi connectivity index (χ3v) is 2.70. The van der Waals surface area contributed by atoms with Crippen LogP contribution in [-0.4, -0.2) is 30.4 Å². The first-order valence-corrected chi connectivity index (χ1v) is 5.89. The van der Waals surface area contributed by atoms with Crippen LogP contribution in [0, 0.1) is 11.8 Å². The minimum Gasteiger partial charge on any atom is -0.344 e. The number of carbonyl (C=O) groups is 1. The van der Waals surface area contributed by atoms with E-state index in [9.17, 15) is 4.79 Å². The Bertz CT molecular complexity index is 192. The number of nitrogens with zero attached hydrogens (tertiary/aromatic N) is 1. The number of carbonyl (C=O) groups excluding carboxylic acids is 1. The monoisotopic (exact) mass is 214 g/mol. The van der Waals surface area contributed by atoms with Gasteiger partial charge in [-0.1, -0.05) is 34.1 Å². The van der Waals surface area contributed by atoms with Gasteiger partial charge in [-0.3, -0.25) is 4.79 Å². The van der Waals surface area contributed by atoms with Crippen molar-refractivity contribution in [2.45, 2.75) is 46.6 Å². The molecule has 0 saturated heterocycles. The molecule has 2 N–H and O–H groups in total. The molecule has 0 aliphatic carbocycles. The van der Waals surface area contributed by atoms with Gasteiger partial charge in [0.05, 0.1) is 6.04 Å². The number of amides is 1. The van der Waals surface area contributed by atoms with E-state index in [4.69, 9.17) is 5.73 Å². The summed E-state index contributed by atoms with van der Waals surface area (Å²) in [6.45, 7) is 9.26. The van der Waals surface area contributed by atoms with Gasteiger partial charge in [-0.25, -0.2) is 0 Å². The average molecular weight is 214 g/mol. The Hall–Kier alpha value is -0.570. The van der Waals surface area contributed by atoms with Crippen molar-refractivity contribution in [1.29, 1.82) is 0 Å². The topological polar surface area (TPSA) is 46.3 Å². The third kappa shape index (κ3) is 5.78. The highest BCUT2D eigenvalue weighted by atomic mass is 16.2. The molecule has 1 amide bonds. The number of likely N-dealkylation sites (N-methyl/N-ethyl adjacent to an activating group) is 1. The van der Waals surface area contributed by atoms with Crippen molar-refractivity contribution in [3.05, 3.63) is 0 Å². The molecule has 0 aromatic carbocycles. The van der Waals surface area contributed by atoms with E-state index in [1.165, 1.54) is 0 Å². The molecule has 0 aromatic heterocycles. The van der Waals surface area contributed by atoms with Crippen LogP contribution in [-0.2, 0) is 4.79 Å². The predicted molar refractivity (Wildman–Crippen MR) is 64.5 cm³/mol. The highest BCUT2D eigenvalue weighted by molar-refractivity contribution is 5.81. The van der Waals surface area contributed by atoms with E-state index in [0.717, 1.165) is 19.4 Å². The van der Waals surface area contributed by atoms with Crippen molar-refractivity contribution in [3.63, 3.8) is 0 Å². The molecule has 0 aliphatic heterocycles. The maximum absolute atomic E-state index is 11.8. The fraction of sp³-hybridized carbons (Fsp3) is 0.917. The Morgan fingerprint density at radius 1 is 1.33 bits per heavy atom. The van der Waals surface area contributed by atoms with Crippen LogP contribution in [0.3, 0.4) is 0 Å². The molecule has 0 aliphatic rings. The molecule has 0 aromatic rings. The molecule has 0 heterocycles. The summed E-state index contributed by atoms with van der Waals surface area (Å²) in [5, 5.41) is 0. The van der Waals surface area contributed by atoms with Crippen molar-refractivity contribution in [3.8, 4) is 0 Å². The summed E-state index contributed by atoms with van der Waals surface area (Å²) in [7, 11) is 1.84. The summed E-state index contributed by atoms with van der Waals surface area (Å²) in [5.74, 6) is 1.09. The third-order valence-electron chi connectivity index (χ3n) is 2.70. The summed E-state index contributed by atoms with van der Waals surface area (Å²) >= 11 is 0. The minimum absolute atomic E-state index is 0.0731. The van der Waals surface area contributed by atoms with Gasteiger partial charge in [-0.05, 0) is 18.3 Å². The first-order chi connectivity index (χ1) is 6.88. The molecule has 3 heteroatoms. The van der Waals surface area contributed by atoms with Crippen LogP contribution in [0.2, 0.25) is 0 Å². The van der Waals surface area contributed by atoms with Crippen molar-refractivity contribution in [2.24, 2.45) is 17.6 Å². The highest BCUT2D eigenvalue weighted by Gasteiger charge is 2.19. The summed E-state index contributed by atoms with van der Waals surface area (Å²) in [4.78, 5) is 13.6. The van der Waals surface area contributed by atoms with E-state index in [1.807, 2.05) is 7.05 Å². The molecule has 0 rings (SSSR count). The zero-order valence-corrected chi connectivity index (χ0v) is 10.8. The van der Waals surface area contributed by atoms with Crippen molar-refractivity contribution >= 4 is 5.91 Å². The fourth-order valence-corrected chi connectivity index (χ4v) is 1.58. The second kappa shape index (κ2) is 6.83. The summed E-state index contributed by atoms with van der Waals surface area (Å²) in [6.07, 6.45) is 1.86. The van der Waals surface area contributed by atoms with Gasteiger partial charge in [0.25, 0.3) is 0 Å². The van der Waals surface area contributed by atoms with Crippen LogP contribution in [0.15, 0.2) is 0 Å². The molecular weight excluding hydrogens is 188 g/mol. The molecular formula is C12H26N2O. The zero-order chi connectivity index (χ0) is 12.0. The van der Waals surface area contributed by atoms with Gasteiger partial charge in [0.2, 0.25) is 5.91 Å². The average Bonchev–Trinajstić information content (AvgIpc) is 2.15. The van der Waals surface area contributed by atoms with E-state index >= 15 is 0 Å². The Kier molecular flexibility index (Phi) is 6.57. The maximum Gasteiger partial charge on any atom is 0.239 e. The number of hydrogen-bond donors (Lipinski definition) is 1. The second-order valence-corrected chi connectivity index (χ2v) is 4.97. The van der Waals surface area contributed by atoms with Gasteiger partial charge in [0.15, 0.2) is 0 Å². The standard InChI is InChI=1S/C12H26N2O/c1-6-10(4)8-14(5)12(15)11(13)7-9(2)3/h9-11H,6-8,13H2,1-5H3/t10?,11-/m1/s1. The highest BCUT2D eigenvalue weighted by Crippen LogP contribution is 2.08.